The minimum absolute atomic E-state index is 0.0230. The molecule has 4 aromatic rings. The largest absolute Gasteiger partial charge is 0.351 e. The van der Waals surface area contributed by atoms with Crippen LogP contribution < -0.4 is 5.56 Å². The van der Waals surface area contributed by atoms with E-state index in [4.69, 9.17) is 4.98 Å². The third-order valence-corrected chi connectivity index (χ3v) is 7.46. The lowest BCUT2D eigenvalue weighted by Gasteiger charge is -2.37. The Kier molecular flexibility index (Phi) is 4.91. The van der Waals surface area contributed by atoms with Gasteiger partial charge in [0.05, 0.1) is 11.4 Å². The molecule has 160 valence electrons. The SMILES string of the molecule is Cc1sc2nc(C(C)N3CCN(C(=O)c4cc5ccccc5[nH]4)CC3)[nH]c(=O)c2c1C. The average molecular weight is 436 g/mol. The maximum atomic E-state index is 13.0. The van der Waals surface area contributed by atoms with Crippen LogP contribution in [-0.4, -0.2) is 56.8 Å². The monoisotopic (exact) mass is 435 g/mol. The number of nitrogens with zero attached hydrogens (tertiary/aromatic N) is 3. The lowest BCUT2D eigenvalue weighted by atomic mass is 10.2. The quantitative estimate of drug-likeness (QED) is 0.515. The number of para-hydroxylation sites is 1. The maximum absolute atomic E-state index is 13.0. The number of thiophene rings is 1. The van der Waals surface area contributed by atoms with E-state index in [0.29, 0.717) is 30.0 Å². The number of H-pyrrole nitrogens is 2. The van der Waals surface area contributed by atoms with Gasteiger partial charge in [0.25, 0.3) is 11.5 Å². The summed E-state index contributed by atoms with van der Waals surface area (Å²) in [5.74, 6) is 0.718. The van der Waals surface area contributed by atoms with Crippen molar-refractivity contribution in [3.05, 3.63) is 62.6 Å². The van der Waals surface area contributed by atoms with Gasteiger partial charge in [0, 0.05) is 42.0 Å². The number of benzene rings is 1. The van der Waals surface area contributed by atoms with Crippen LogP contribution in [0.2, 0.25) is 0 Å². The van der Waals surface area contributed by atoms with Crippen LogP contribution in [-0.2, 0) is 0 Å². The maximum Gasteiger partial charge on any atom is 0.270 e. The molecule has 4 heterocycles. The van der Waals surface area contributed by atoms with Crippen molar-refractivity contribution in [3.63, 3.8) is 0 Å². The number of amides is 1. The third kappa shape index (κ3) is 3.45. The highest BCUT2D eigenvalue weighted by molar-refractivity contribution is 7.18. The molecule has 31 heavy (non-hydrogen) atoms. The van der Waals surface area contributed by atoms with Gasteiger partial charge < -0.3 is 14.9 Å². The molecule has 0 saturated carbocycles. The first-order chi connectivity index (χ1) is 14.9. The molecule has 0 aliphatic carbocycles. The predicted molar refractivity (Wildman–Crippen MR) is 124 cm³/mol. The first kappa shape index (κ1) is 20.0. The Hall–Kier alpha value is -2.97. The van der Waals surface area contributed by atoms with Gasteiger partial charge in [-0.3, -0.25) is 14.5 Å². The number of aromatic amines is 2. The van der Waals surface area contributed by atoms with Crippen LogP contribution in [0.4, 0.5) is 0 Å². The number of hydrogen-bond donors (Lipinski definition) is 2. The van der Waals surface area contributed by atoms with Crippen LogP contribution in [0.15, 0.2) is 35.1 Å². The van der Waals surface area contributed by atoms with Crippen molar-refractivity contribution < 1.29 is 4.79 Å². The Morgan fingerprint density at radius 2 is 1.87 bits per heavy atom. The summed E-state index contributed by atoms with van der Waals surface area (Å²) in [6.45, 7) is 8.80. The zero-order valence-electron chi connectivity index (χ0n) is 17.9. The van der Waals surface area contributed by atoms with Crippen molar-refractivity contribution in [1.29, 1.82) is 0 Å². The number of hydrogen-bond acceptors (Lipinski definition) is 5. The van der Waals surface area contributed by atoms with Crippen molar-refractivity contribution in [2.24, 2.45) is 0 Å². The standard InChI is InChI=1S/C23H25N5O2S/c1-13-15(3)31-22-19(13)21(29)25-20(26-22)14(2)27-8-10-28(11-9-27)23(30)18-12-16-6-4-5-7-17(16)24-18/h4-7,12,14,24H,8-11H2,1-3H3,(H,25,26,29). The lowest BCUT2D eigenvalue weighted by Crippen LogP contribution is -2.49. The molecule has 0 radical (unpaired) electrons. The zero-order valence-corrected chi connectivity index (χ0v) is 18.7. The van der Waals surface area contributed by atoms with Gasteiger partial charge in [-0.05, 0) is 38.5 Å². The van der Waals surface area contributed by atoms with Gasteiger partial charge in [-0.15, -0.1) is 11.3 Å². The second-order valence-electron chi connectivity index (χ2n) is 8.19. The van der Waals surface area contributed by atoms with Crippen LogP contribution in [0.5, 0.6) is 0 Å². The van der Waals surface area contributed by atoms with E-state index in [9.17, 15) is 9.59 Å². The van der Waals surface area contributed by atoms with Crippen molar-refractivity contribution in [1.82, 2.24) is 24.8 Å². The summed E-state index contributed by atoms with van der Waals surface area (Å²) in [5, 5.41) is 1.75. The van der Waals surface area contributed by atoms with Crippen LogP contribution in [0.1, 0.15) is 39.7 Å². The Balaban J connectivity index is 1.30. The molecule has 2 N–H and O–H groups in total. The normalized spacial score (nSPS) is 16.3. The molecule has 1 aliphatic rings. The average Bonchev–Trinajstić information content (AvgIpc) is 3.33. The summed E-state index contributed by atoms with van der Waals surface area (Å²) in [4.78, 5) is 42.6. The Morgan fingerprint density at radius 3 is 2.61 bits per heavy atom. The van der Waals surface area contributed by atoms with E-state index in [2.05, 4.69) is 21.8 Å². The van der Waals surface area contributed by atoms with E-state index in [1.807, 2.05) is 49.1 Å². The molecular formula is C23H25N5O2S. The smallest absolute Gasteiger partial charge is 0.270 e. The number of aromatic nitrogens is 3. The topological polar surface area (TPSA) is 85.1 Å². The molecule has 1 aromatic carbocycles. The van der Waals surface area contributed by atoms with Gasteiger partial charge in [-0.25, -0.2) is 4.98 Å². The van der Waals surface area contributed by atoms with E-state index in [1.165, 1.54) is 0 Å². The third-order valence-electron chi connectivity index (χ3n) is 6.36. The number of fused-ring (bicyclic) bond motifs is 2. The molecular weight excluding hydrogens is 410 g/mol. The molecule has 1 saturated heterocycles. The molecule has 1 atom stereocenters. The summed E-state index contributed by atoms with van der Waals surface area (Å²) >= 11 is 1.57. The highest BCUT2D eigenvalue weighted by Crippen LogP contribution is 2.28. The van der Waals surface area contributed by atoms with Crippen LogP contribution in [0, 0.1) is 13.8 Å². The lowest BCUT2D eigenvalue weighted by molar-refractivity contribution is 0.0571. The zero-order chi connectivity index (χ0) is 21.7. The minimum Gasteiger partial charge on any atom is -0.351 e. The molecule has 8 heteroatoms. The first-order valence-electron chi connectivity index (χ1n) is 10.5. The second kappa shape index (κ2) is 7.62. The molecule has 1 fully saturated rings. The van der Waals surface area contributed by atoms with Gasteiger partial charge >= 0.3 is 0 Å². The molecule has 0 spiro atoms. The molecule has 1 unspecified atom stereocenters. The highest BCUT2D eigenvalue weighted by atomic mass is 32.1. The fourth-order valence-electron chi connectivity index (χ4n) is 4.31. The van der Waals surface area contributed by atoms with E-state index in [0.717, 1.165) is 39.3 Å². The Labute approximate surface area is 183 Å². The molecule has 3 aromatic heterocycles. The molecule has 1 amide bonds. The fraction of sp³-hybridized carbons (Fsp3) is 0.348. The van der Waals surface area contributed by atoms with Gasteiger partial charge in [0.1, 0.15) is 16.3 Å². The van der Waals surface area contributed by atoms with E-state index in [-0.39, 0.29) is 17.5 Å². The molecule has 0 bridgehead atoms. The van der Waals surface area contributed by atoms with E-state index >= 15 is 0 Å². The summed E-state index contributed by atoms with van der Waals surface area (Å²) in [6.07, 6.45) is 0. The summed E-state index contributed by atoms with van der Waals surface area (Å²) in [5.41, 5.74) is 2.54. The van der Waals surface area contributed by atoms with Crippen molar-refractivity contribution in [2.45, 2.75) is 26.8 Å². The number of carbonyl (C=O) groups is 1. The molecule has 5 rings (SSSR count). The van der Waals surface area contributed by atoms with E-state index < -0.39 is 0 Å². The number of aryl methyl sites for hydroxylation is 2. The van der Waals surface area contributed by atoms with Crippen LogP contribution in [0.25, 0.3) is 21.1 Å². The molecule has 7 nitrogen and oxygen atoms in total. The molecule has 1 aliphatic heterocycles. The Bertz CT molecular complexity index is 1310. The van der Waals surface area contributed by atoms with Crippen LogP contribution >= 0.6 is 11.3 Å². The predicted octanol–water partition coefficient (Wildman–Crippen LogP) is 3.60. The second-order valence-corrected chi connectivity index (χ2v) is 9.39. The van der Waals surface area contributed by atoms with Gasteiger partial charge in [-0.2, -0.15) is 0 Å². The van der Waals surface area contributed by atoms with Crippen molar-refractivity contribution in [3.8, 4) is 0 Å². The van der Waals surface area contributed by atoms with Crippen LogP contribution in [0.3, 0.4) is 0 Å². The first-order valence-corrected chi connectivity index (χ1v) is 11.3. The summed E-state index contributed by atoms with van der Waals surface area (Å²) in [6, 6.07) is 9.81. The number of rotatable bonds is 3. The van der Waals surface area contributed by atoms with Gasteiger partial charge in [-0.1, -0.05) is 18.2 Å². The number of nitrogens with one attached hydrogen (secondary N) is 2. The fourth-order valence-corrected chi connectivity index (χ4v) is 5.35. The number of carbonyl (C=O) groups excluding carboxylic acids is 1. The summed E-state index contributed by atoms with van der Waals surface area (Å²) in [7, 11) is 0. The Morgan fingerprint density at radius 1 is 1.13 bits per heavy atom. The van der Waals surface area contributed by atoms with Crippen molar-refractivity contribution >= 4 is 38.4 Å². The van der Waals surface area contributed by atoms with Gasteiger partial charge in [0.15, 0.2) is 0 Å². The highest BCUT2D eigenvalue weighted by Gasteiger charge is 2.27. The van der Waals surface area contributed by atoms with Crippen molar-refractivity contribution in [2.75, 3.05) is 26.2 Å². The number of piperazine rings is 1. The summed E-state index contributed by atoms with van der Waals surface area (Å²) < 4.78 is 0. The van der Waals surface area contributed by atoms with E-state index in [1.54, 1.807) is 11.3 Å². The minimum atomic E-state index is -0.0682. The van der Waals surface area contributed by atoms with Gasteiger partial charge in [0.2, 0.25) is 0 Å².